The number of nitrogens with one attached hydrogen (secondary N) is 2. The molecule has 0 unspecified atom stereocenters. The lowest BCUT2D eigenvalue weighted by Gasteiger charge is -2.36. The third kappa shape index (κ3) is 7.13. The average molecular weight is 555 g/mol. The fourth-order valence-corrected chi connectivity index (χ4v) is 6.51. The Kier molecular flexibility index (Phi) is 9.05. The van der Waals surface area contributed by atoms with Crippen molar-refractivity contribution in [2.75, 3.05) is 30.8 Å². The molecule has 0 atom stereocenters. The third-order valence-electron chi connectivity index (χ3n) is 6.19. The second kappa shape index (κ2) is 12.4. The number of nitrogens with zero attached hydrogens (tertiary/aromatic N) is 4. The Labute approximate surface area is 227 Å². The van der Waals surface area contributed by atoms with E-state index in [9.17, 15) is 12.8 Å². The van der Waals surface area contributed by atoms with Crippen molar-refractivity contribution < 1.29 is 12.8 Å². The second-order valence-electron chi connectivity index (χ2n) is 9.01. The lowest BCUT2D eigenvalue weighted by Crippen LogP contribution is -2.46. The molecule has 0 spiro atoms. The number of anilines is 3. The predicted molar refractivity (Wildman–Crippen MR) is 151 cm³/mol. The van der Waals surface area contributed by atoms with Crippen molar-refractivity contribution in [3.63, 3.8) is 0 Å². The van der Waals surface area contributed by atoms with Gasteiger partial charge >= 0.3 is 0 Å². The summed E-state index contributed by atoms with van der Waals surface area (Å²) in [6.45, 7) is 8.94. The monoisotopic (exact) mass is 554 g/mol. The van der Waals surface area contributed by atoms with E-state index in [1.54, 1.807) is 52.2 Å². The Morgan fingerprint density at radius 2 is 1.97 bits per heavy atom. The molecular formula is C27H31FN6O2S2. The molecule has 0 amide bonds. The first-order valence-electron chi connectivity index (χ1n) is 12.1. The lowest BCUT2D eigenvalue weighted by molar-refractivity contribution is 0.179. The quantitative estimate of drug-likeness (QED) is 0.301. The van der Waals surface area contributed by atoms with Gasteiger partial charge in [-0.25, -0.2) is 17.8 Å². The Morgan fingerprint density at radius 3 is 2.61 bits per heavy atom. The molecule has 0 bridgehead atoms. The summed E-state index contributed by atoms with van der Waals surface area (Å²) in [5.41, 5.74) is 2.02. The summed E-state index contributed by atoms with van der Waals surface area (Å²) in [6, 6.07) is 10.1. The number of likely N-dealkylation sites (tertiary alicyclic amines) is 1. The van der Waals surface area contributed by atoms with Crippen LogP contribution in [0.4, 0.5) is 21.8 Å². The highest BCUT2D eigenvalue weighted by molar-refractivity contribution is 7.89. The van der Waals surface area contributed by atoms with Crippen LogP contribution in [0.5, 0.6) is 0 Å². The number of sulfonamides is 1. The van der Waals surface area contributed by atoms with Crippen LogP contribution < -0.4 is 10.6 Å². The standard InChI is InChI=1S/C27H31FN6O2S2/c1-4-22(17-20(2)28)30-26-9-13-29-27(32-26)31-23-5-7-25(8-6-23)38(35,36)34(18-21-12-16-37-19-21)24-10-14-33(3)15-11-24/h4-9,12-13,16-17,19,24H,1-2,10-11,14-15,18H2,3H3,(H2,29,30,31,32)/b22-17+. The van der Waals surface area contributed by atoms with Crippen LogP contribution in [0.1, 0.15) is 18.4 Å². The van der Waals surface area contributed by atoms with Gasteiger partial charge in [-0.1, -0.05) is 13.2 Å². The molecule has 3 heterocycles. The van der Waals surface area contributed by atoms with Crippen LogP contribution in [0.25, 0.3) is 0 Å². The molecule has 2 N–H and O–H groups in total. The Hall–Kier alpha value is -3.38. The molecule has 8 nitrogen and oxygen atoms in total. The van der Waals surface area contributed by atoms with Gasteiger partial charge in [0.15, 0.2) is 0 Å². The van der Waals surface area contributed by atoms with Gasteiger partial charge < -0.3 is 15.5 Å². The number of benzene rings is 1. The molecule has 2 aromatic heterocycles. The number of hydrogen-bond acceptors (Lipinski definition) is 8. The number of hydrogen-bond donors (Lipinski definition) is 2. The van der Waals surface area contributed by atoms with Crippen LogP contribution in [-0.2, 0) is 16.6 Å². The molecular weight excluding hydrogens is 523 g/mol. The van der Waals surface area contributed by atoms with Crippen molar-refractivity contribution in [3.8, 4) is 0 Å². The van der Waals surface area contributed by atoms with Crippen LogP contribution in [0.15, 0.2) is 95.1 Å². The van der Waals surface area contributed by atoms with Gasteiger partial charge in [0.1, 0.15) is 11.6 Å². The number of halogens is 1. The zero-order valence-electron chi connectivity index (χ0n) is 21.2. The average Bonchev–Trinajstić information content (AvgIpc) is 3.41. The van der Waals surface area contributed by atoms with E-state index >= 15 is 0 Å². The normalized spacial score (nSPS) is 15.4. The molecule has 1 saturated heterocycles. The van der Waals surface area contributed by atoms with Crippen LogP contribution >= 0.6 is 11.3 Å². The van der Waals surface area contributed by atoms with E-state index in [0.29, 0.717) is 29.7 Å². The Balaban J connectivity index is 1.51. The fraction of sp³-hybridized carbons (Fsp3) is 0.259. The van der Waals surface area contributed by atoms with Gasteiger partial charge in [0.2, 0.25) is 16.0 Å². The minimum Gasteiger partial charge on any atom is -0.340 e. The molecule has 3 aromatic rings. The number of piperidine rings is 1. The molecule has 200 valence electrons. The van der Waals surface area contributed by atoms with Crippen molar-refractivity contribution in [1.82, 2.24) is 19.2 Å². The smallest absolute Gasteiger partial charge is 0.243 e. The van der Waals surface area contributed by atoms with Gasteiger partial charge in [-0.3, -0.25) is 0 Å². The summed E-state index contributed by atoms with van der Waals surface area (Å²) >= 11 is 1.56. The van der Waals surface area contributed by atoms with E-state index in [0.717, 1.165) is 31.5 Å². The number of thiophene rings is 1. The zero-order valence-corrected chi connectivity index (χ0v) is 22.8. The van der Waals surface area contributed by atoms with E-state index < -0.39 is 15.9 Å². The summed E-state index contributed by atoms with van der Waals surface area (Å²) in [5.74, 6) is 0.106. The van der Waals surface area contributed by atoms with Crippen molar-refractivity contribution in [2.45, 2.75) is 30.3 Å². The van der Waals surface area contributed by atoms with Crippen molar-refractivity contribution in [2.24, 2.45) is 0 Å². The van der Waals surface area contributed by atoms with Gasteiger partial charge in [-0.15, -0.1) is 0 Å². The van der Waals surface area contributed by atoms with E-state index in [1.807, 2.05) is 16.8 Å². The van der Waals surface area contributed by atoms with Gasteiger partial charge in [-0.2, -0.15) is 20.6 Å². The topological polar surface area (TPSA) is 90.5 Å². The maximum absolute atomic E-state index is 13.8. The van der Waals surface area contributed by atoms with Gasteiger partial charge in [0.05, 0.1) is 4.90 Å². The zero-order chi connectivity index (χ0) is 27.1. The van der Waals surface area contributed by atoms with Crippen LogP contribution in [0.3, 0.4) is 0 Å². The largest absolute Gasteiger partial charge is 0.340 e. The second-order valence-corrected chi connectivity index (χ2v) is 11.7. The van der Waals surface area contributed by atoms with Crippen LogP contribution in [0.2, 0.25) is 0 Å². The molecule has 1 fully saturated rings. The summed E-state index contributed by atoms with van der Waals surface area (Å²) in [4.78, 5) is 11.0. The number of rotatable bonds is 11. The molecule has 0 aliphatic carbocycles. The highest BCUT2D eigenvalue weighted by Gasteiger charge is 2.33. The highest BCUT2D eigenvalue weighted by Crippen LogP contribution is 2.28. The van der Waals surface area contributed by atoms with E-state index in [4.69, 9.17) is 0 Å². The third-order valence-corrected chi connectivity index (χ3v) is 8.84. The molecule has 1 aromatic carbocycles. The molecule has 1 aliphatic heterocycles. The van der Waals surface area contributed by atoms with Gasteiger partial charge in [-0.05, 0) is 97.9 Å². The van der Waals surface area contributed by atoms with Crippen LogP contribution in [-0.4, -0.2) is 53.8 Å². The van der Waals surface area contributed by atoms with Crippen molar-refractivity contribution in [1.29, 1.82) is 0 Å². The number of allylic oxidation sites excluding steroid dienone is 3. The van der Waals surface area contributed by atoms with Crippen molar-refractivity contribution in [3.05, 3.63) is 95.8 Å². The SMILES string of the molecule is C=C/C(=C\C(=C)F)Nc1ccnc(Nc2ccc(S(=O)(=O)N(Cc3ccsc3)C3CCN(C)CC3)cc2)n1. The Morgan fingerprint density at radius 1 is 1.24 bits per heavy atom. The molecule has 11 heteroatoms. The summed E-state index contributed by atoms with van der Waals surface area (Å²) in [7, 11) is -1.66. The first-order chi connectivity index (χ1) is 18.2. The molecule has 0 saturated carbocycles. The van der Waals surface area contributed by atoms with Crippen LogP contribution in [0, 0.1) is 0 Å². The Bertz CT molecular complexity index is 1380. The summed E-state index contributed by atoms with van der Waals surface area (Å²) in [6.07, 6.45) is 5.79. The number of aromatic nitrogens is 2. The fourth-order valence-electron chi connectivity index (χ4n) is 4.18. The molecule has 38 heavy (non-hydrogen) atoms. The predicted octanol–water partition coefficient (Wildman–Crippen LogP) is 5.53. The first-order valence-corrected chi connectivity index (χ1v) is 14.5. The molecule has 0 radical (unpaired) electrons. The van der Waals surface area contributed by atoms with Crippen molar-refractivity contribution >= 4 is 38.8 Å². The van der Waals surface area contributed by atoms with E-state index in [-0.39, 0.29) is 10.9 Å². The van der Waals surface area contributed by atoms with Gasteiger partial charge in [0, 0.05) is 30.2 Å². The van der Waals surface area contributed by atoms with Gasteiger partial charge in [0.25, 0.3) is 0 Å². The van der Waals surface area contributed by atoms with E-state index in [2.05, 4.69) is 45.7 Å². The maximum atomic E-state index is 13.8. The first kappa shape index (κ1) is 27.6. The lowest BCUT2D eigenvalue weighted by atomic mass is 10.1. The van der Waals surface area contributed by atoms with E-state index in [1.165, 1.54) is 12.2 Å². The highest BCUT2D eigenvalue weighted by atomic mass is 32.2. The summed E-state index contributed by atoms with van der Waals surface area (Å²) in [5, 5.41) is 9.98. The molecule has 4 rings (SSSR count). The maximum Gasteiger partial charge on any atom is 0.243 e. The molecule has 1 aliphatic rings. The minimum atomic E-state index is -3.72. The summed E-state index contributed by atoms with van der Waals surface area (Å²) < 4.78 is 42.3. The minimum absolute atomic E-state index is 0.0541.